The van der Waals surface area contributed by atoms with Gasteiger partial charge in [-0.25, -0.2) is 4.68 Å². The molecule has 3 aromatic heterocycles. The molecule has 4 aromatic rings. The number of furan rings is 1. The van der Waals surface area contributed by atoms with E-state index in [0.29, 0.717) is 60.3 Å². The summed E-state index contributed by atoms with van der Waals surface area (Å²) in [5.74, 6) is 1.97. The van der Waals surface area contributed by atoms with Crippen LogP contribution in [0, 0.1) is 0 Å². The number of rotatable bonds is 6. The summed E-state index contributed by atoms with van der Waals surface area (Å²) in [5, 5.41) is 13.6. The Labute approximate surface area is 218 Å². The van der Waals surface area contributed by atoms with Crippen LogP contribution in [-0.2, 0) is 5.54 Å². The lowest BCUT2D eigenvalue weighted by atomic mass is 9.98. The number of nitrogens with one attached hydrogen (secondary N) is 1. The topological polar surface area (TPSA) is 132 Å². The van der Waals surface area contributed by atoms with Gasteiger partial charge in [0.15, 0.2) is 23.1 Å². The molecular weight excluding hydrogens is 490 g/mol. The molecule has 0 saturated carbocycles. The Morgan fingerprint density at radius 3 is 2.61 bits per heavy atom. The summed E-state index contributed by atoms with van der Waals surface area (Å²) in [6.45, 7) is 8.34. The van der Waals surface area contributed by atoms with Crippen LogP contribution in [0.3, 0.4) is 0 Å². The normalized spacial score (nSPS) is 16.8. The Morgan fingerprint density at radius 2 is 1.89 bits per heavy atom. The third-order valence-corrected chi connectivity index (χ3v) is 7.54. The van der Waals surface area contributed by atoms with Gasteiger partial charge in [0.25, 0.3) is 11.5 Å². The number of pyridine rings is 1. The fourth-order valence-electron chi connectivity index (χ4n) is 5.00. The van der Waals surface area contributed by atoms with E-state index in [4.69, 9.17) is 13.9 Å². The number of hydrogen-bond acceptors (Lipinski definition) is 9. The first-order valence-electron chi connectivity index (χ1n) is 12.7. The van der Waals surface area contributed by atoms with Crippen LogP contribution in [0.25, 0.3) is 10.9 Å². The highest BCUT2D eigenvalue weighted by Crippen LogP contribution is 2.37. The summed E-state index contributed by atoms with van der Waals surface area (Å²) in [4.78, 5) is 33.3. The number of hydrogen-bond donors (Lipinski definition) is 1. The number of nitrogens with zero attached hydrogens (tertiary/aromatic N) is 6. The average Bonchev–Trinajstić information content (AvgIpc) is 3.70. The van der Waals surface area contributed by atoms with Crippen LogP contribution in [0.4, 0.5) is 0 Å². The zero-order valence-electron chi connectivity index (χ0n) is 21.5. The van der Waals surface area contributed by atoms with Crippen molar-refractivity contribution in [3.8, 4) is 11.5 Å². The largest absolute Gasteiger partial charge is 0.459 e. The monoisotopic (exact) mass is 519 g/mol. The minimum atomic E-state index is -0.532. The first kappa shape index (κ1) is 24.2. The number of carbonyl (C=O) groups is 1. The molecule has 0 unspecified atom stereocenters. The number of fused-ring (bicyclic) bond motifs is 2. The van der Waals surface area contributed by atoms with E-state index < -0.39 is 6.04 Å². The van der Waals surface area contributed by atoms with Gasteiger partial charge in [0.05, 0.1) is 17.3 Å². The zero-order valence-corrected chi connectivity index (χ0v) is 21.5. The number of amides is 1. The molecule has 1 fully saturated rings. The molecule has 12 heteroatoms. The fourth-order valence-corrected chi connectivity index (χ4v) is 5.00. The number of aromatic amines is 1. The molecule has 12 nitrogen and oxygen atoms in total. The van der Waals surface area contributed by atoms with E-state index in [-0.39, 0.29) is 23.8 Å². The third-order valence-electron chi connectivity index (χ3n) is 7.54. The van der Waals surface area contributed by atoms with Crippen LogP contribution in [0.5, 0.6) is 11.5 Å². The maximum atomic E-state index is 13.6. The summed E-state index contributed by atoms with van der Waals surface area (Å²) >= 11 is 0. The third kappa shape index (κ3) is 4.10. The first-order valence-corrected chi connectivity index (χ1v) is 12.7. The Morgan fingerprint density at radius 1 is 1.13 bits per heavy atom. The highest BCUT2D eigenvalue weighted by atomic mass is 16.7. The molecule has 0 bridgehead atoms. The Bertz CT molecular complexity index is 1530. The molecule has 5 heterocycles. The minimum Gasteiger partial charge on any atom is -0.459 e. The van der Waals surface area contributed by atoms with Crippen molar-refractivity contribution in [2.24, 2.45) is 0 Å². The lowest BCUT2D eigenvalue weighted by Gasteiger charge is -2.39. The van der Waals surface area contributed by atoms with Crippen LogP contribution in [0.2, 0.25) is 0 Å². The predicted octanol–water partition coefficient (Wildman–Crippen LogP) is 2.53. The van der Waals surface area contributed by atoms with Gasteiger partial charge in [-0.05, 0) is 55.0 Å². The van der Waals surface area contributed by atoms with Crippen LogP contribution >= 0.6 is 0 Å². The van der Waals surface area contributed by atoms with Gasteiger partial charge in [-0.1, -0.05) is 6.92 Å². The molecule has 198 valence electrons. The molecule has 0 aliphatic carbocycles. The van der Waals surface area contributed by atoms with Crippen molar-refractivity contribution in [1.82, 2.24) is 35.0 Å². The molecule has 0 radical (unpaired) electrons. The van der Waals surface area contributed by atoms with Crippen molar-refractivity contribution < 1.29 is 18.7 Å². The second-order valence-corrected chi connectivity index (χ2v) is 10.2. The van der Waals surface area contributed by atoms with E-state index in [2.05, 4.69) is 46.2 Å². The molecule has 0 spiro atoms. The molecular formula is C26H29N7O5. The molecule has 38 heavy (non-hydrogen) atoms. The SMILES string of the molecule is CCC(C)(C)n1nnnc1[C@H](c1cc2cc3c(cc2[nH]c1=O)OCO3)N1CCN(C(=O)c2ccco2)CC1. The quantitative estimate of drug-likeness (QED) is 0.408. The van der Waals surface area contributed by atoms with E-state index in [0.717, 1.165) is 11.8 Å². The maximum Gasteiger partial charge on any atom is 0.289 e. The van der Waals surface area contributed by atoms with Gasteiger partial charge in [0.2, 0.25) is 6.79 Å². The van der Waals surface area contributed by atoms with Gasteiger partial charge in [-0.15, -0.1) is 5.10 Å². The van der Waals surface area contributed by atoms with Crippen molar-refractivity contribution in [2.45, 2.75) is 38.8 Å². The van der Waals surface area contributed by atoms with E-state index in [1.165, 1.54) is 6.26 Å². The Hall–Kier alpha value is -4.19. The highest BCUT2D eigenvalue weighted by Gasteiger charge is 2.36. The number of piperazine rings is 1. The van der Waals surface area contributed by atoms with E-state index in [1.807, 2.05) is 12.1 Å². The van der Waals surface area contributed by atoms with Crippen molar-refractivity contribution >= 4 is 16.8 Å². The van der Waals surface area contributed by atoms with Gasteiger partial charge in [0, 0.05) is 43.2 Å². The number of H-pyrrole nitrogens is 1. The summed E-state index contributed by atoms with van der Waals surface area (Å²) in [7, 11) is 0. The number of carbonyl (C=O) groups excluding carboxylic acids is 1. The van der Waals surface area contributed by atoms with Crippen LogP contribution < -0.4 is 15.0 Å². The second-order valence-electron chi connectivity index (χ2n) is 10.2. The molecule has 1 aromatic carbocycles. The van der Waals surface area contributed by atoms with Gasteiger partial charge >= 0.3 is 0 Å². The number of ether oxygens (including phenoxy) is 2. The summed E-state index contributed by atoms with van der Waals surface area (Å²) in [5.41, 5.74) is 0.567. The Kier molecular flexibility index (Phi) is 5.90. The smallest absolute Gasteiger partial charge is 0.289 e. The van der Waals surface area contributed by atoms with E-state index in [9.17, 15) is 9.59 Å². The minimum absolute atomic E-state index is 0.146. The fraction of sp³-hybridized carbons (Fsp3) is 0.423. The Balaban J connectivity index is 1.40. The maximum absolute atomic E-state index is 13.6. The summed E-state index contributed by atoms with van der Waals surface area (Å²) in [6, 6.07) is 8.36. The molecule has 1 amide bonds. The zero-order chi connectivity index (χ0) is 26.4. The van der Waals surface area contributed by atoms with Crippen LogP contribution in [0.1, 0.15) is 55.2 Å². The van der Waals surface area contributed by atoms with Gasteiger partial charge in [-0.2, -0.15) is 0 Å². The average molecular weight is 520 g/mol. The van der Waals surface area contributed by atoms with Gasteiger partial charge in [0.1, 0.15) is 6.04 Å². The summed E-state index contributed by atoms with van der Waals surface area (Å²) in [6.07, 6.45) is 2.29. The molecule has 6 rings (SSSR count). The lowest BCUT2D eigenvalue weighted by Crippen LogP contribution is -2.51. The van der Waals surface area contributed by atoms with Crippen molar-refractivity contribution in [1.29, 1.82) is 0 Å². The van der Waals surface area contributed by atoms with Gasteiger partial charge < -0.3 is 23.8 Å². The number of tetrazole rings is 1. The molecule has 2 aliphatic rings. The number of aromatic nitrogens is 5. The first-order chi connectivity index (χ1) is 18.4. The summed E-state index contributed by atoms with van der Waals surface area (Å²) < 4.78 is 18.2. The number of benzene rings is 1. The standard InChI is InChI=1S/C26H29N7O5/c1-4-26(2,3)33-23(28-29-30-33)22(31-7-9-32(10-8-31)25(35)19-6-5-11-36-19)17-12-16-13-20-21(38-15-37-20)14-18(16)27-24(17)34/h5-6,11-14,22H,4,7-10,15H2,1-3H3,(H,27,34)/t22-/m0/s1. The van der Waals surface area contributed by atoms with Crippen molar-refractivity contribution in [3.63, 3.8) is 0 Å². The van der Waals surface area contributed by atoms with Crippen LogP contribution in [-0.4, -0.2) is 73.9 Å². The van der Waals surface area contributed by atoms with Crippen LogP contribution in [0.15, 0.2) is 45.8 Å². The van der Waals surface area contributed by atoms with Crippen molar-refractivity contribution in [3.05, 3.63) is 64.1 Å². The van der Waals surface area contributed by atoms with E-state index >= 15 is 0 Å². The molecule has 1 atom stereocenters. The van der Waals surface area contributed by atoms with E-state index in [1.54, 1.807) is 27.8 Å². The molecule has 1 saturated heterocycles. The lowest BCUT2D eigenvalue weighted by molar-refractivity contribution is 0.0554. The molecule has 2 aliphatic heterocycles. The molecule has 1 N–H and O–H groups in total. The van der Waals surface area contributed by atoms with Crippen molar-refractivity contribution in [2.75, 3.05) is 33.0 Å². The highest BCUT2D eigenvalue weighted by molar-refractivity contribution is 5.91. The predicted molar refractivity (Wildman–Crippen MR) is 136 cm³/mol. The van der Waals surface area contributed by atoms with Gasteiger partial charge in [-0.3, -0.25) is 14.5 Å². The second kappa shape index (κ2) is 9.28.